The summed E-state index contributed by atoms with van der Waals surface area (Å²) in [5.74, 6) is 0.169. The van der Waals surface area contributed by atoms with Crippen LogP contribution in [-0.2, 0) is 6.54 Å². The number of phenols is 1. The van der Waals surface area contributed by atoms with E-state index in [-0.39, 0.29) is 11.3 Å². The molecule has 0 aliphatic carbocycles. The molecule has 3 rings (SSSR count). The minimum atomic E-state index is -0.138. The zero-order valence-corrected chi connectivity index (χ0v) is 10.0. The molecule has 0 aliphatic heterocycles. The molecule has 0 fully saturated rings. The highest BCUT2D eigenvalue weighted by Gasteiger charge is 2.05. The van der Waals surface area contributed by atoms with E-state index in [9.17, 15) is 9.90 Å². The number of hydrogen-bond acceptors (Lipinski definition) is 3. The van der Waals surface area contributed by atoms with E-state index >= 15 is 0 Å². The summed E-state index contributed by atoms with van der Waals surface area (Å²) >= 11 is 0. The number of nitrogens with zero attached hydrogens (tertiary/aromatic N) is 3. The van der Waals surface area contributed by atoms with E-state index in [1.165, 1.54) is 16.8 Å². The second-order valence-corrected chi connectivity index (χ2v) is 4.21. The summed E-state index contributed by atoms with van der Waals surface area (Å²) in [5.41, 5.74) is 1.33. The third-order valence-corrected chi connectivity index (χ3v) is 2.79. The van der Waals surface area contributed by atoms with Crippen LogP contribution < -0.4 is 5.56 Å². The summed E-state index contributed by atoms with van der Waals surface area (Å²) in [4.78, 5) is 15.9. The topological polar surface area (TPSA) is 75.8 Å². The van der Waals surface area contributed by atoms with Crippen LogP contribution in [0.15, 0.2) is 53.8 Å². The number of benzene rings is 1. The standard InChI is InChI=1S/C13H12N4O2/c18-12-3-1-11(2-4-12)17-13(19)7-10(15-17)8-16-6-5-14-9-16/h1-7,9,15,18H,8H2. The Morgan fingerprint density at radius 2 is 2.05 bits per heavy atom. The van der Waals surface area contributed by atoms with Gasteiger partial charge in [-0.15, -0.1) is 0 Å². The maximum atomic E-state index is 11.9. The number of nitrogens with one attached hydrogen (secondary N) is 1. The molecule has 19 heavy (non-hydrogen) atoms. The molecule has 0 atom stereocenters. The number of phenolic OH excluding ortho intramolecular Hbond substituents is 1. The van der Waals surface area contributed by atoms with E-state index in [1.807, 2.05) is 10.8 Å². The average molecular weight is 256 g/mol. The number of rotatable bonds is 3. The molecule has 0 spiro atoms. The highest BCUT2D eigenvalue weighted by molar-refractivity contribution is 5.36. The zero-order chi connectivity index (χ0) is 13.2. The third kappa shape index (κ3) is 2.28. The Morgan fingerprint density at radius 3 is 2.74 bits per heavy atom. The van der Waals surface area contributed by atoms with Gasteiger partial charge in [0.15, 0.2) is 0 Å². The van der Waals surface area contributed by atoms with Crippen LogP contribution in [0.25, 0.3) is 5.69 Å². The highest BCUT2D eigenvalue weighted by atomic mass is 16.3. The van der Waals surface area contributed by atoms with Crippen LogP contribution in [0.2, 0.25) is 0 Å². The molecule has 1 aromatic carbocycles. The first kappa shape index (κ1) is 11.3. The predicted molar refractivity (Wildman–Crippen MR) is 69.4 cm³/mol. The fraction of sp³-hybridized carbons (Fsp3) is 0.0769. The molecule has 2 N–H and O–H groups in total. The van der Waals surface area contributed by atoms with Gasteiger partial charge in [-0.2, -0.15) is 0 Å². The van der Waals surface area contributed by atoms with Crippen molar-refractivity contribution in [2.75, 3.05) is 0 Å². The summed E-state index contributed by atoms with van der Waals surface area (Å²) in [6.45, 7) is 0.556. The fourth-order valence-corrected chi connectivity index (χ4v) is 1.90. The summed E-state index contributed by atoms with van der Waals surface area (Å²) in [7, 11) is 0. The summed E-state index contributed by atoms with van der Waals surface area (Å²) in [5, 5.41) is 12.3. The molecule has 6 heteroatoms. The van der Waals surface area contributed by atoms with Crippen molar-refractivity contribution in [2.24, 2.45) is 0 Å². The van der Waals surface area contributed by atoms with Crippen molar-refractivity contribution < 1.29 is 5.11 Å². The molecule has 6 nitrogen and oxygen atoms in total. The zero-order valence-electron chi connectivity index (χ0n) is 10.0. The Hall–Kier alpha value is -2.76. The number of aromatic amines is 1. The van der Waals surface area contributed by atoms with E-state index in [1.54, 1.807) is 30.7 Å². The van der Waals surface area contributed by atoms with Gasteiger partial charge < -0.3 is 9.67 Å². The quantitative estimate of drug-likeness (QED) is 0.737. The molecule has 2 aromatic heterocycles. The molecule has 96 valence electrons. The molecule has 2 heterocycles. The summed E-state index contributed by atoms with van der Waals surface area (Å²) < 4.78 is 3.30. The second kappa shape index (κ2) is 4.49. The van der Waals surface area contributed by atoms with Crippen molar-refractivity contribution in [3.8, 4) is 11.4 Å². The summed E-state index contributed by atoms with van der Waals surface area (Å²) in [6.07, 6.45) is 5.21. The largest absolute Gasteiger partial charge is 0.508 e. The van der Waals surface area contributed by atoms with Gasteiger partial charge in [0.05, 0.1) is 24.3 Å². The minimum absolute atomic E-state index is 0.138. The Labute approximate surface area is 108 Å². The van der Waals surface area contributed by atoms with Gasteiger partial charge in [0.1, 0.15) is 5.75 Å². The summed E-state index contributed by atoms with van der Waals surface area (Å²) in [6, 6.07) is 7.98. The van der Waals surface area contributed by atoms with Crippen LogP contribution in [0.1, 0.15) is 5.69 Å². The number of H-pyrrole nitrogens is 1. The van der Waals surface area contributed by atoms with E-state index in [2.05, 4.69) is 10.1 Å². The molecular formula is C13H12N4O2. The van der Waals surface area contributed by atoms with Gasteiger partial charge in [0, 0.05) is 18.5 Å². The fourth-order valence-electron chi connectivity index (χ4n) is 1.90. The van der Waals surface area contributed by atoms with Crippen molar-refractivity contribution in [1.29, 1.82) is 0 Å². The number of aromatic nitrogens is 4. The maximum Gasteiger partial charge on any atom is 0.271 e. The first-order valence-electron chi connectivity index (χ1n) is 5.78. The Kier molecular flexibility index (Phi) is 2.68. The van der Waals surface area contributed by atoms with Gasteiger partial charge in [-0.25, -0.2) is 9.67 Å². The van der Waals surface area contributed by atoms with E-state index in [4.69, 9.17) is 0 Å². The van der Waals surface area contributed by atoms with Crippen LogP contribution in [0, 0.1) is 0 Å². The first-order chi connectivity index (χ1) is 9.22. The molecular weight excluding hydrogens is 244 g/mol. The van der Waals surface area contributed by atoms with Crippen molar-refractivity contribution in [2.45, 2.75) is 6.54 Å². The lowest BCUT2D eigenvalue weighted by atomic mass is 10.3. The van der Waals surface area contributed by atoms with Gasteiger partial charge in [-0.3, -0.25) is 9.89 Å². The number of hydrogen-bond donors (Lipinski definition) is 2. The van der Waals surface area contributed by atoms with Gasteiger partial charge in [-0.1, -0.05) is 0 Å². The second-order valence-electron chi connectivity index (χ2n) is 4.21. The Bertz CT molecular complexity index is 723. The smallest absolute Gasteiger partial charge is 0.271 e. The van der Waals surface area contributed by atoms with Crippen molar-refractivity contribution in [1.82, 2.24) is 19.3 Å². The molecule has 0 radical (unpaired) electrons. The van der Waals surface area contributed by atoms with Gasteiger partial charge in [-0.05, 0) is 24.3 Å². The molecule has 3 aromatic rings. The molecule has 0 amide bonds. The van der Waals surface area contributed by atoms with Crippen LogP contribution in [0.4, 0.5) is 0 Å². The number of imidazole rings is 1. The van der Waals surface area contributed by atoms with Gasteiger partial charge in [0.2, 0.25) is 0 Å². The Balaban J connectivity index is 1.93. The predicted octanol–water partition coefficient (Wildman–Crippen LogP) is 1.12. The van der Waals surface area contributed by atoms with Crippen molar-refractivity contribution in [3.05, 3.63) is 65.1 Å². The molecule has 0 saturated heterocycles. The molecule has 0 bridgehead atoms. The van der Waals surface area contributed by atoms with Crippen LogP contribution >= 0.6 is 0 Å². The van der Waals surface area contributed by atoms with E-state index < -0.39 is 0 Å². The minimum Gasteiger partial charge on any atom is -0.508 e. The van der Waals surface area contributed by atoms with Crippen molar-refractivity contribution in [3.63, 3.8) is 0 Å². The van der Waals surface area contributed by atoms with Crippen LogP contribution in [-0.4, -0.2) is 24.4 Å². The Morgan fingerprint density at radius 1 is 1.26 bits per heavy atom. The van der Waals surface area contributed by atoms with Crippen LogP contribution in [0.5, 0.6) is 5.75 Å². The first-order valence-corrected chi connectivity index (χ1v) is 5.78. The lowest BCUT2D eigenvalue weighted by Gasteiger charge is -2.02. The van der Waals surface area contributed by atoms with E-state index in [0.717, 1.165) is 5.69 Å². The van der Waals surface area contributed by atoms with Gasteiger partial charge in [0.25, 0.3) is 5.56 Å². The number of aromatic hydroxyl groups is 1. The molecule has 0 saturated carbocycles. The van der Waals surface area contributed by atoms with Gasteiger partial charge >= 0.3 is 0 Å². The lowest BCUT2D eigenvalue weighted by Crippen LogP contribution is -2.13. The SMILES string of the molecule is O=c1cc(Cn2ccnc2)[nH]n1-c1ccc(O)cc1. The molecule has 0 aliphatic rings. The normalized spacial score (nSPS) is 10.7. The monoisotopic (exact) mass is 256 g/mol. The average Bonchev–Trinajstić information content (AvgIpc) is 3.01. The van der Waals surface area contributed by atoms with E-state index in [0.29, 0.717) is 12.2 Å². The molecule has 0 unspecified atom stereocenters. The lowest BCUT2D eigenvalue weighted by molar-refractivity contribution is 0.475. The van der Waals surface area contributed by atoms with Crippen LogP contribution in [0.3, 0.4) is 0 Å². The maximum absolute atomic E-state index is 11.9. The highest BCUT2D eigenvalue weighted by Crippen LogP contribution is 2.11. The van der Waals surface area contributed by atoms with Crippen molar-refractivity contribution >= 4 is 0 Å². The third-order valence-electron chi connectivity index (χ3n) is 2.79.